The lowest BCUT2D eigenvalue weighted by Gasteiger charge is -2.21. The van der Waals surface area contributed by atoms with Crippen LogP contribution >= 0.6 is 11.8 Å². The van der Waals surface area contributed by atoms with Crippen molar-refractivity contribution in [3.63, 3.8) is 0 Å². The lowest BCUT2D eigenvalue weighted by atomic mass is 10.2. The van der Waals surface area contributed by atoms with E-state index >= 15 is 0 Å². The molecule has 26 heavy (non-hydrogen) atoms. The molecule has 0 saturated carbocycles. The molecule has 0 N–H and O–H groups in total. The molecule has 1 atom stereocenters. The van der Waals surface area contributed by atoms with Gasteiger partial charge in [0.15, 0.2) is 5.69 Å². The summed E-state index contributed by atoms with van der Waals surface area (Å²) in [5.74, 6) is 0.934. The van der Waals surface area contributed by atoms with Crippen LogP contribution < -0.4 is 4.90 Å². The molecule has 0 aliphatic carbocycles. The highest BCUT2D eigenvalue weighted by atomic mass is 32.2. The van der Waals surface area contributed by atoms with Crippen LogP contribution in [0.15, 0.2) is 63.9 Å². The van der Waals surface area contributed by atoms with Gasteiger partial charge in [-0.3, -0.25) is 4.79 Å². The number of hydrogen-bond donors (Lipinski definition) is 0. The van der Waals surface area contributed by atoms with Crippen molar-refractivity contribution in [3.05, 3.63) is 66.1 Å². The lowest BCUT2D eigenvalue weighted by molar-refractivity contribution is 0.0981. The first-order chi connectivity index (χ1) is 12.6. The molecule has 0 bridgehead atoms. The van der Waals surface area contributed by atoms with Gasteiger partial charge in [0.2, 0.25) is 5.89 Å². The number of carbonyl (C=O) groups is 1. The van der Waals surface area contributed by atoms with Crippen molar-refractivity contribution in [2.75, 3.05) is 11.4 Å². The second kappa shape index (κ2) is 7.00. The minimum atomic E-state index is -0.101. The zero-order valence-electron chi connectivity index (χ0n) is 14.8. The SMILES string of the molecule is Cc1oc(-c2ccccc2)nc1C(=O)N1CCC(C)Sc2ccccc21. The fourth-order valence-corrected chi connectivity index (χ4v) is 4.24. The molecule has 2 aromatic carbocycles. The summed E-state index contributed by atoms with van der Waals surface area (Å²) in [6, 6.07) is 17.7. The molecule has 1 aliphatic rings. The predicted octanol–water partition coefficient (Wildman–Crippen LogP) is 5.18. The molecule has 1 aromatic heterocycles. The number of thioether (sulfide) groups is 1. The summed E-state index contributed by atoms with van der Waals surface area (Å²) in [6.45, 7) is 4.68. The Balaban J connectivity index is 1.71. The van der Waals surface area contributed by atoms with E-state index in [0.29, 0.717) is 29.1 Å². The van der Waals surface area contributed by atoms with Gasteiger partial charge in [0.05, 0.1) is 5.69 Å². The second-order valence-corrected chi connectivity index (χ2v) is 7.91. The molecule has 2 heterocycles. The van der Waals surface area contributed by atoms with Crippen LogP contribution in [0.1, 0.15) is 29.6 Å². The highest BCUT2D eigenvalue weighted by Gasteiger charge is 2.28. The van der Waals surface area contributed by atoms with E-state index in [4.69, 9.17) is 4.42 Å². The Hall–Kier alpha value is -2.53. The molecule has 4 nitrogen and oxygen atoms in total. The summed E-state index contributed by atoms with van der Waals surface area (Å²) >= 11 is 1.82. The van der Waals surface area contributed by atoms with Crippen molar-refractivity contribution in [2.24, 2.45) is 0 Å². The third-order valence-corrected chi connectivity index (χ3v) is 5.75. The molecule has 1 aliphatic heterocycles. The van der Waals surface area contributed by atoms with Gasteiger partial charge in [-0.15, -0.1) is 11.8 Å². The minimum absolute atomic E-state index is 0.101. The Morgan fingerprint density at radius 3 is 2.69 bits per heavy atom. The van der Waals surface area contributed by atoms with Crippen LogP contribution in [-0.2, 0) is 0 Å². The number of fused-ring (bicyclic) bond motifs is 1. The number of benzene rings is 2. The van der Waals surface area contributed by atoms with Crippen LogP contribution in [0, 0.1) is 6.92 Å². The molecule has 0 fully saturated rings. The molecular formula is C21H20N2O2S. The summed E-state index contributed by atoms with van der Waals surface area (Å²) in [6.07, 6.45) is 0.938. The molecule has 4 rings (SSSR count). The van der Waals surface area contributed by atoms with Crippen LogP contribution in [0.3, 0.4) is 0 Å². The van der Waals surface area contributed by atoms with E-state index < -0.39 is 0 Å². The number of carbonyl (C=O) groups excluding carboxylic acids is 1. The van der Waals surface area contributed by atoms with Gasteiger partial charge in [0.25, 0.3) is 5.91 Å². The van der Waals surface area contributed by atoms with Gasteiger partial charge in [0, 0.05) is 22.3 Å². The quantitative estimate of drug-likeness (QED) is 0.628. The Morgan fingerprint density at radius 2 is 1.88 bits per heavy atom. The molecule has 1 amide bonds. The highest BCUT2D eigenvalue weighted by Crippen LogP contribution is 2.38. The van der Waals surface area contributed by atoms with E-state index in [9.17, 15) is 4.79 Å². The summed E-state index contributed by atoms with van der Waals surface area (Å²) in [4.78, 5) is 20.8. The van der Waals surface area contributed by atoms with Gasteiger partial charge < -0.3 is 9.32 Å². The van der Waals surface area contributed by atoms with E-state index in [1.54, 1.807) is 6.92 Å². The summed E-state index contributed by atoms with van der Waals surface area (Å²) < 4.78 is 5.79. The maximum Gasteiger partial charge on any atom is 0.280 e. The van der Waals surface area contributed by atoms with E-state index in [1.807, 2.05) is 65.2 Å². The van der Waals surface area contributed by atoms with Gasteiger partial charge in [-0.2, -0.15) is 0 Å². The van der Waals surface area contributed by atoms with Crippen molar-refractivity contribution < 1.29 is 9.21 Å². The number of oxazole rings is 1. The fourth-order valence-electron chi connectivity index (χ4n) is 3.12. The van der Waals surface area contributed by atoms with Crippen LogP contribution in [0.4, 0.5) is 5.69 Å². The number of amides is 1. The smallest absolute Gasteiger partial charge is 0.280 e. The number of nitrogens with zero attached hydrogens (tertiary/aromatic N) is 2. The number of hydrogen-bond acceptors (Lipinski definition) is 4. The van der Waals surface area contributed by atoms with Gasteiger partial charge in [-0.25, -0.2) is 4.98 Å². The Bertz CT molecular complexity index is 936. The van der Waals surface area contributed by atoms with Crippen molar-refractivity contribution in [3.8, 4) is 11.5 Å². The second-order valence-electron chi connectivity index (χ2n) is 6.43. The van der Waals surface area contributed by atoms with E-state index in [-0.39, 0.29) is 5.91 Å². The largest absolute Gasteiger partial charge is 0.441 e. The molecule has 0 spiro atoms. The number of aryl methyl sites for hydroxylation is 1. The fraction of sp³-hybridized carbons (Fsp3) is 0.238. The molecule has 5 heteroatoms. The first-order valence-corrected chi connectivity index (χ1v) is 9.62. The molecular weight excluding hydrogens is 344 g/mol. The number of anilines is 1. The number of aromatic nitrogens is 1. The van der Waals surface area contributed by atoms with Gasteiger partial charge in [0.1, 0.15) is 5.76 Å². The Kier molecular flexibility index (Phi) is 4.55. The first kappa shape index (κ1) is 16.9. The average Bonchev–Trinajstić information content (AvgIpc) is 2.96. The van der Waals surface area contributed by atoms with E-state index in [2.05, 4.69) is 18.0 Å². The molecule has 1 unspecified atom stereocenters. The van der Waals surface area contributed by atoms with E-state index in [0.717, 1.165) is 22.6 Å². The first-order valence-electron chi connectivity index (χ1n) is 8.74. The summed E-state index contributed by atoms with van der Waals surface area (Å²) in [5, 5.41) is 0.465. The van der Waals surface area contributed by atoms with Gasteiger partial charge in [-0.1, -0.05) is 37.3 Å². The average molecular weight is 364 g/mol. The van der Waals surface area contributed by atoms with Crippen molar-refractivity contribution in [1.82, 2.24) is 4.98 Å². The minimum Gasteiger partial charge on any atom is -0.441 e. The van der Waals surface area contributed by atoms with Gasteiger partial charge in [-0.05, 0) is 37.6 Å². The summed E-state index contributed by atoms with van der Waals surface area (Å²) in [7, 11) is 0. The zero-order valence-corrected chi connectivity index (χ0v) is 15.6. The predicted molar refractivity (Wildman–Crippen MR) is 105 cm³/mol. The molecule has 0 saturated heterocycles. The lowest BCUT2D eigenvalue weighted by Crippen LogP contribution is -2.33. The maximum absolute atomic E-state index is 13.3. The Labute approximate surface area is 157 Å². The normalized spacial score (nSPS) is 16.8. The van der Waals surface area contributed by atoms with Crippen molar-refractivity contribution in [1.29, 1.82) is 0 Å². The van der Waals surface area contributed by atoms with Crippen LogP contribution in [0.25, 0.3) is 11.5 Å². The van der Waals surface area contributed by atoms with Crippen molar-refractivity contribution in [2.45, 2.75) is 30.4 Å². The Morgan fingerprint density at radius 1 is 1.15 bits per heavy atom. The third-order valence-electron chi connectivity index (χ3n) is 4.51. The van der Waals surface area contributed by atoms with Crippen LogP contribution in [-0.4, -0.2) is 22.7 Å². The molecule has 0 radical (unpaired) electrons. The highest BCUT2D eigenvalue weighted by molar-refractivity contribution is 8.00. The third kappa shape index (κ3) is 3.15. The topological polar surface area (TPSA) is 46.3 Å². The molecule has 132 valence electrons. The van der Waals surface area contributed by atoms with Crippen LogP contribution in [0.5, 0.6) is 0 Å². The monoisotopic (exact) mass is 364 g/mol. The van der Waals surface area contributed by atoms with Crippen molar-refractivity contribution >= 4 is 23.4 Å². The zero-order chi connectivity index (χ0) is 18.1. The maximum atomic E-state index is 13.3. The number of rotatable bonds is 2. The number of para-hydroxylation sites is 1. The standard InChI is InChI=1S/C21H20N2O2S/c1-14-12-13-23(17-10-6-7-11-18(17)26-14)21(24)19-15(2)25-20(22-19)16-8-4-3-5-9-16/h3-11,14H,12-13H2,1-2H3. The van der Waals surface area contributed by atoms with Crippen LogP contribution in [0.2, 0.25) is 0 Å². The van der Waals surface area contributed by atoms with Gasteiger partial charge >= 0.3 is 0 Å². The summed E-state index contributed by atoms with van der Waals surface area (Å²) in [5.41, 5.74) is 2.21. The van der Waals surface area contributed by atoms with E-state index in [1.165, 1.54) is 0 Å². The molecule has 3 aromatic rings.